The largest absolute Gasteiger partial charge is 0.346 e. The van der Waals surface area contributed by atoms with Crippen LogP contribution in [0.4, 0.5) is 5.69 Å². The number of amides is 2. The molecule has 0 heterocycles. The molecule has 2 amide bonds. The Morgan fingerprint density at radius 3 is 2.03 bits per heavy atom. The standard InChI is InChI=1S/C23H20N4O4/c28-21(26-25-15-19-13-7-8-14-20(19)27(30)31)16-24-23(29)22(17-9-3-1-4-10-17)18-11-5-2-6-12-18/h1-15,22H,16H2,(H,24,29)(H,26,28)/b25-15-. The first-order chi connectivity index (χ1) is 15.1. The van der Waals surface area contributed by atoms with Crippen molar-refractivity contribution in [1.82, 2.24) is 10.7 Å². The van der Waals surface area contributed by atoms with Crippen molar-refractivity contribution >= 4 is 23.7 Å². The molecule has 0 fully saturated rings. The molecular formula is C23H20N4O4. The molecule has 3 rings (SSSR count). The van der Waals surface area contributed by atoms with Gasteiger partial charge in [-0.1, -0.05) is 72.8 Å². The van der Waals surface area contributed by atoms with E-state index in [1.54, 1.807) is 12.1 Å². The smallest absolute Gasteiger partial charge is 0.278 e. The summed E-state index contributed by atoms with van der Waals surface area (Å²) in [5.74, 6) is -1.44. The number of nitro groups is 1. The molecule has 0 saturated heterocycles. The van der Waals surface area contributed by atoms with Crippen molar-refractivity contribution < 1.29 is 14.5 Å². The van der Waals surface area contributed by atoms with Crippen molar-refractivity contribution in [3.05, 3.63) is 112 Å². The Hall–Kier alpha value is -4.33. The van der Waals surface area contributed by atoms with E-state index in [1.165, 1.54) is 18.3 Å². The fraction of sp³-hybridized carbons (Fsp3) is 0.0870. The molecule has 0 unspecified atom stereocenters. The fourth-order valence-corrected chi connectivity index (χ4v) is 3.03. The maximum atomic E-state index is 12.9. The van der Waals surface area contributed by atoms with E-state index in [1.807, 2.05) is 60.7 Å². The molecule has 8 nitrogen and oxygen atoms in total. The average Bonchev–Trinajstić information content (AvgIpc) is 2.79. The molecule has 3 aromatic carbocycles. The zero-order chi connectivity index (χ0) is 22.1. The number of hydrogen-bond acceptors (Lipinski definition) is 5. The zero-order valence-corrected chi connectivity index (χ0v) is 16.5. The third-order valence-corrected chi connectivity index (χ3v) is 4.48. The van der Waals surface area contributed by atoms with E-state index in [-0.39, 0.29) is 23.7 Å². The normalized spacial score (nSPS) is 10.7. The van der Waals surface area contributed by atoms with Gasteiger partial charge in [0.2, 0.25) is 5.91 Å². The first-order valence-corrected chi connectivity index (χ1v) is 9.49. The molecule has 0 aliphatic heterocycles. The molecule has 0 radical (unpaired) electrons. The number of carbonyl (C=O) groups is 2. The van der Waals surface area contributed by atoms with Crippen molar-refractivity contribution in [1.29, 1.82) is 0 Å². The van der Waals surface area contributed by atoms with Gasteiger partial charge in [0.25, 0.3) is 11.6 Å². The van der Waals surface area contributed by atoms with Gasteiger partial charge in [-0.3, -0.25) is 19.7 Å². The molecular weight excluding hydrogens is 396 g/mol. The summed E-state index contributed by atoms with van der Waals surface area (Å²) in [6.07, 6.45) is 1.19. The number of benzene rings is 3. The lowest BCUT2D eigenvalue weighted by molar-refractivity contribution is -0.385. The van der Waals surface area contributed by atoms with Crippen LogP contribution in [0, 0.1) is 10.1 Å². The van der Waals surface area contributed by atoms with Gasteiger partial charge in [0.1, 0.15) is 0 Å². The Bertz CT molecular complexity index is 1050. The molecule has 3 aromatic rings. The first kappa shape index (κ1) is 21.4. The van der Waals surface area contributed by atoms with E-state index in [0.717, 1.165) is 11.1 Å². The van der Waals surface area contributed by atoms with Crippen molar-refractivity contribution in [2.24, 2.45) is 5.10 Å². The van der Waals surface area contributed by atoms with Gasteiger partial charge >= 0.3 is 0 Å². The minimum atomic E-state index is -0.564. The summed E-state index contributed by atoms with van der Waals surface area (Å²) in [6, 6.07) is 24.6. The highest BCUT2D eigenvalue weighted by atomic mass is 16.6. The SMILES string of the molecule is O=C(CNC(=O)C(c1ccccc1)c1ccccc1)N/N=C\c1ccccc1[N+](=O)[O-]. The quantitative estimate of drug-likeness (QED) is 0.334. The minimum absolute atomic E-state index is 0.123. The number of nitrogens with zero attached hydrogens (tertiary/aromatic N) is 2. The Morgan fingerprint density at radius 1 is 0.903 bits per heavy atom. The Kier molecular flexibility index (Phi) is 7.21. The van der Waals surface area contributed by atoms with Gasteiger partial charge in [-0.2, -0.15) is 5.10 Å². The van der Waals surface area contributed by atoms with Gasteiger partial charge < -0.3 is 5.32 Å². The van der Waals surface area contributed by atoms with Crippen LogP contribution in [0.3, 0.4) is 0 Å². The predicted molar refractivity (Wildman–Crippen MR) is 117 cm³/mol. The maximum Gasteiger partial charge on any atom is 0.278 e. The molecule has 0 bridgehead atoms. The zero-order valence-electron chi connectivity index (χ0n) is 16.5. The summed E-state index contributed by atoms with van der Waals surface area (Å²) in [5.41, 5.74) is 4.01. The lowest BCUT2D eigenvalue weighted by Crippen LogP contribution is -2.37. The van der Waals surface area contributed by atoms with Gasteiger partial charge in [-0.15, -0.1) is 0 Å². The van der Waals surface area contributed by atoms with Crippen LogP contribution in [0.25, 0.3) is 0 Å². The van der Waals surface area contributed by atoms with Crippen LogP contribution < -0.4 is 10.7 Å². The molecule has 0 saturated carbocycles. The second-order valence-electron chi connectivity index (χ2n) is 6.58. The summed E-state index contributed by atoms with van der Waals surface area (Å²) >= 11 is 0. The molecule has 0 aliphatic rings. The number of carbonyl (C=O) groups excluding carboxylic acids is 2. The highest BCUT2D eigenvalue weighted by molar-refractivity contribution is 5.91. The van der Waals surface area contributed by atoms with Crippen LogP contribution in [0.15, 0.2) is 90.0 Å². The van der Waals surface area contributed by atoms with E-state index in [0.29, 0.717) is 0 Å². The predicted octanol–water partition coefficient (Wildman–Crippen LogP) is 2.99. The topological polar surface area (TPSA) is 114 Å². The summed E-state index contributed by atoms with van der Waals surface area (Å²) < 4.78 is 0. The van der Waals surface area contributed by atoms with E-state index >= 15 is 0 Å². The molecule has 156 valence electrons. The van der Waals surface area contributed by atoms with E-state index in [2.05, 4.69) is 15.8 Å². The molecule has 31 heavy (non-hydrogen) atoms. The Balaban J connectivity index is 1.62. The molecule has 0 aliphatic carbocycles. The van der Waals surface area contributed by atoms with Crippen LogP contribution >= 0.6 is 0 Å². The first-order valence-electron chi connectivity index (χ1n) is 9.49. The van der Waals surface area contributed by atoms with E-state index in [9.17, 15) is 19.7 Å². The molecule has 0 aromatic heterocycles. The number of rotatable bonds is 8. The number of hydrazone groups is 1. The highest BCUT2D eigenvalue weighted by Crippen LogP contribution is 2.24. The van der Waals surface area contributed by atoms with Crippen LogP contribution in [-0.4, -0.2) is 29.5 Å². The van der Waals surface area contributed by atoms with Crippen LogP contribution in [-0.2, 0) is 9.59 Å². The van der Waals surface area contributed by atoms with Crippen molar-refractivity contribution in [3.63, 3.8) is 0 Å². The third kappa shape index (κ3) is 5.83. The molecule has 0 spiro atoms. The Morgan fingerprint density at radius 2 is 1.45 bits per heavy atom. The molecule has 2 N–H and O–H groups in total. The lowest BCUT2D eigenvalue weighted by Gasteiger charge is -2.17. The number of nitrogens with one attached hydrogen (secondary N) is 2. The van der Waals surface area contributed by atoms with Crippen molar-refractivity contribution in [2.75, 3.05) is 6.54 Å². The summed E-state index contributed by atoms with van der Waals surface area (Å²) in [5, 5.41) is 17.4. The maximum absolute atomic E-state index is 12.9. The summed E-state index contributed by atoms with van der Waals surface area (Å²) in [7, 11) is 0. The van der Waals surface area contributed by atoms with Gasteiger partial charge in [0.15, 0.2) is 0 Å². The monoisotopic (exact) mass is 416 g/mol. The van der Waals surface area contributed by atoms with Gasteiger partial charge in [0, 0.05) is 6.07 Å². The van der Waals surface area contributed by atoms with Crippen molar-refractivity contribution in [2.45, 2.75) is 5.92 Å². The second kappa shape index (κ2) is 10.4. The van der Waals surface area contributed by atoms with Crippen LogP contribution in [0.5, 0.6) is 0 Å². The van der Waals surface area contributed by atoms with E-state index in [4.69, 9.17) is 0 Å². The summed E-state index contributed by atoms with van der Waals surface area (Å²) in [4.78, 5) is 35.4. The highest BCUT2D eigenvalue weighted by Gasteiger charge is 2.22. The lowest BCUT2D eigenvalue weighted by atomic mass is 9.90. The van der Waals surface area contributed by atoms with Crippen LogP contribution in [0.1, 0.15) is 22.6 Å². The number of nitro benzene ring substituents is 1. The van der Waals surface area contributed by atoms with E-state index < -0.39 is 16.7 Å². The third-order valence-electron chi connectivity index (χ3n) is 4.48. The number of hydrogen-bond donors (Lipinski definition) is 2. The fourth-order valence-electron chi connectivity index (χ4n) is 3.03. The Labute approximate surface area is 178 Å². The minimum Gasteiger partial charge on any atom is -0.346 e. The van der Waals surface area contributed by atoms with Gasteiger partial charge in [-0.25, -0.2) is 5.43 Å². The van der Waals surface area contributed by atoms with Gasteiger partial charge in [-0.05, 0) is 17.2 Å². The average molecular weight is 416 g/mol. The number of para-hydroxylation sites is 1. The summed E-state index contributed by atoms with van der Waals surface area (Å²) in [6.45, 7) is -0.288. The molecule has 0 atom stereocenters. The van der Waals surface area contributed by atoms with Crippen LogP contribution in [0.2, 0.25) is 0 Å². The second-order valence-corrected chi connectivity index (χ2v) is 6.58. The van der Waals surface area contributed by atoms with Crippen molar-refractivity contribution in [3.8, 4) is 0 Å². The van der Waals surface area contributed by atoms with Gasteiger partial charge in [0.05, 0.1) is 29.2 Å². The molecule has 8 heteroatoms.